The minimum absolute atomic E-state index is 0.0344. The average Bonchev–Trinajstić information content (AvgIpc) is 2.66. The first-order chi connectivity index (χ1) is 12.5. The van der Waals surface area contributed by atoms with Crippen LogP contribution in [0.4, 0.5) is 0 Å². The summed E-state index contributed by atoms with van der Waals surface area (Å²) in [4.78, 5) is 25.0. The van der Waals surface area contributed by atoms with Gasteiger partial charge in [-0.3, -0.25) is 13.9 Å². The number of ether oxygens (including phenoxy) is 2. The monoisotopic (exact) mass is 374 g/mol. The van der Waals surface area contributed by atoms with E-state index in [2.05, 4.69) is 10.2 Å². The molecule has 0 amide bonds. The van der Waals surface area contributed by atoms with E-state index in [1.165, 1.54) is 30.0 Å². The molecule has 2 heterocycles. The topological polar surface area (TPSA) is 88.2 Å². The third kappa shape index (κ3) is 3.45. The van der Waals surface area contributed by atoms with Crippen LogP contribution >= 0.6 is 11.6 Å². The Morgan fingerprint density at radius 1 is 1.04 bits per heavy atom. The fourth-order valence-electron chi connectivity index (χ4n) is 2.43. The zero-order chi connectivity index (χ0) is 18.7. The summed E-state index contributed by atoms with van der Waals surface area (Å²) in [5, 5.41) is 7.79. The molecule has 0 spiro atoms. The van der Waals surface area contributed by atoms with Crippen molar-refractivity contribution in [3.63, 3.8) is 0 Å². The second-order valence-electron chi connectivity index (χ2n) is 5.28. The molecule has 8 nitrogen and oxygen atoms in total. The van der Waals surface area contributed by atoms with Crippen LogP contribution in [0.15, 0.2) is 52.2 Å². The van der Waals surface area contributed by atoms with Crippen molar-refractivity contribution in [2.24, 2.45) is 0 Å². The highest BCUT2D eigenvalue weighted by atomic mass is 35.5. The first kappa shape index (κ1) is 17.7. The van der Waals surface area contributed by atoms with E-state index in [1.54, 1.807) is 31.4 Å². The first-order valence-electron chi connectivity index (χ1n) is 7.56. The maximum Gasteiger partial charge on any atom is 0.337 e. The number of hydrogen-bond acceptors (Lipinski definition) is 6. The molecule has 0 atom stereocenters. The molecular formula is C17H15ClN4O4. The molecule has 0 aliphatic carbocycles. The summed E-state index contributed by atoms with van der Waals surface area (Å²) in [7, 11) is 3.05. The summed E-state index contributed by atoms with van der Waals surface area (Å²) >= 11 is 5.72. The fourth-order valence-corrected chi connectivity index (χ4v) is 2.53. The molecule has 0 fully saturated rings. The Morgan fingerprint density at radius 2 is 1.85 bits per heavy atom. The van der Waals surface area contributed by atoms with Crippen LogP contribution in [0.3, 0.4) is 0 Å². The number of methoxy groups -OCH3 is 2. The molecule has 3 aromatic rings. The Kier molecular flexibility index (Phi) is 5.04. The van der Waals surface area contributed by atoms with Crippen molar-refractivity contribution in [2.75, 3.05) is 14.2 Å². The molecule has 0 bridgehead atoms. The molecular weight excluding hydrogens is 360 g/mol. The summed E-state index contributed by atoms with van der Waals surface area (Å²) in [6, 6.07) is 9.50. The maximum atomic E-state index is 12.8. The molecule has 3 rings (SSSR count). The molecule has 0 unspecified atom stereocenters. The smallest absolute Gasteiger partial charge is 0.337 e. The van der Waals surface area contributed by atoms with Gasteiger partial charge in [0, 0.05) is 23.9 Å². The molecule has 0 saturated heterocycles. The molecule has 0 aliphatic heterocycles. The standard InChI is InChI=1S/C17H15ClN4O4/c1-25-12-4-3-11(13(9-12)26-2)10-22-16(23)7-8-21(17(22)24)15-6-5-14(18)19-20-15/h3-9H,10H2,1-2H3. The quantitative estimate of drug-likeness (QED) is 0.672. The molecule has 0 saturated carbocycles. The fraction of sp³-hybridized carbons (Fsp3) is 0.176. The predicted molar refractivity (Wildman–Crippen MR) is 95.5 cm³/mol. The molecule has 0 N–H and O–H groups in total. The van der Waals surface area contributed by atoms with Gasteiger partial charge in [-0.2, -0.15) is 0 Å². The predicted octanol–water partition coefficient (Wildman–Crippen LogP) is 1.51. The van der Waals surface area contributed by atoms with Crippen molar-refractivity contribution in [1.29, 1.82) is 0 Å². The third-order valence-corrected chi connectivity index (χ3v) is 3.96. The minimum Gasteiger partial charge on any atom is -0.497 e. The van der Waals surface area contributed by atoms with Crippen LogP contribution in [0.25, 0.3) is 5.82 Å². The Bertz CT molecular complexity index is 1040. The Labute approximate surface area is 153 Å². The molecule has 0 aliphatic rings. The number of halogens is 1. The molecule has 26 heavy (non-hydrogen) atoms. The SMILES string of the molecule is COc1ccc(Cn2c(=O)ccn(-c3ccc(Cl)nn3)c2=O)c(OC)c1. The van der Waals surface area contributed by atoms with Gasteiger partial charge in [-0.15, -0.1) is 10.2 Å². The summed E-state index contributed by atoms with van der Waals surface area (Å²) in [6.45, 7) is 0.0344. The van der Waals surface area contributed by atoms with Crippen molar-refractivity contribution in [2.45, 2.75) is 6.54 Å². The summed E-state index contributed by atoms with van der Waals surface area (Å²) in [6.07, 6.45) is 1.35. The largest absolute Gasteiger partial charge is 0.497 e. The van der Waals surface area contributed by atoms with Crippen LogP contribution in [0.2, 0.25) is 5.15 Å². The van der Waals surface area contributed by atoms with Gasteiger partial charge in [-0.1, -0.05) is 11.6 Å². The second kappa shape index (κ2) is 7.40. The highest BCUT2D eigenvalue weighted by molar-refractivity contribution is 6.29. The van der Waals surface area contributed by atoms with Crippen LogP contribution in [-0.4, -0.2) is 33.6 Å². The van der Waals surface area contributed by atoms with E-state index >= 15 is 0 Å². The van der Waals surface area contributed by atoms with Gasteiger partial charge in [-0.25, -0.2) is 4.79 Å². The van der Waals surface area contributed by atoms with Gasteiger partial charge < -0.3 is 9.47 Å². The van der Waals surface area contributed by atoms with E-state index < -0.39 is 11.2 Å². The van der Waals surface area contributed by atoms with Crippen molar-refractivity contribution < 1.29 is 9.47 Å². The Morgan fingerprint density at radius 3 is 2.50 bits per heavy atom. The Balaban J connectivity index is 2.06. The van der Waals surface area contributed by atoms with Crippen LogP contribution in [-0.2, 0) is 6.54 Å². The van der Waals surface area contributed by atoms with E-state index in [-0.39, 0.29) is 17.5 Å². The minimum atomic E-state index is -0.549. The average molecular weight is 375 g/mol. The highest BCUT2D eigenvalue weighted by Crippen LogP contribution is 2.24. The second-order valence-corrected chi connectivity index (χ2v) is 5.67. The number of hydrogen-bond donors (Lipinski definition) is 0. The van der Waals surface area contributed by atoms with Gasteiger partial charge in [0.25, 0.3) is 5.56 Å². The summed E-state index contributed by atoms with van der Waals surface area (Å²) in [5.41, 5.74) is -0.328. The normalized spacial score (nSPS) is 10.6. The maximum absolute atomic E-state index is 12.8. The molecule has 0 radical (unpaired) electrons. The van der Waals surface area contributed by atoms with Crippen molar-refractivity contribution in [3.05, 3.63) is 74.1 Å². The lowest BCUT2D eigenvalue weighted by molar-refractivity contribution is 0.389. The van der Waals surface area contributed by atoms with E-state index in [9.17, 15) is 9.59 Å². The van der Waals surface area contributed by atoms with E-state index in [0.717, 1.165) is 4.57 Å². The van der Waals surface area contributed by atoms with Crippen molar-refractivity contribution in [3.8, 4) is 17.3 Å². The van der Waals surface area contributed by atoms with Gasteiger partial charge in [-0.05, 0) is 24.3 Å². The van der Waals surface area contributed by atoms with Gasteiger partial charge in [0.1, 0.15) is 11.5 Å². The van der Waals surface area contributed by atoms with Gasteiger partial charge in [0.2, 0.25) is 0 Å². The lowest BCUT2D eigenvalue weighted by atomic mass is 10.2. The van der Waals surface area contributed by atoms with Crippen LogP contribution in [0, 0.1) is 0 Å². The van der Waals surface area contributed by atoms with Crippen LogP contribution < -0.4 is 20.7 Å². The van der Waals surface area contributed by atoms with Crippen molar-refractivity contribution in [1.82, 2.24) is 19.3 Å². The van der Waals surface area contributed by atoms with E-state index in [0.29, 0.717) is 17.1 Å². The zero-order valence-electron chi connectivity index (χ0n) is 14.0. The summed E-state index contributed by atoms with van der Waals surface area (Å²) in [5.74, 6) is 1.38. The highest BCUT2D eigenvalue weighted by Gasteiger charge is 2.12. The van der Waals surface area contributed by atoms with Gasteiger partial charge in [0.15, 0.2) is 11.0 Å². The number of nitrogens with zero attached hydrogens (tertiary/aromatic N) is 4. The summed E-state index contributed by atoms with van der Waals surface area (Å²) < 4.78 is 12.8. The molecule has 1 aromatic carbocycles. The number of benzene rings is 1. The Hall–Kier alpha value is -3.13. The number of aromatic nitrogens is 4. The molecule has 2 aromatic heterocycles. The first-order valence-corrected chi connectivity index (χ1v) is 7.94. The molecule has 134 valence electrons. The zero-order valence-corrected chi connectivity index (χ0v) is 14.8. The third-order valence-electron chi connectivity index (χ3n) is 3.76. The van der Waals surface area contributed by atoms with E-state index in [4.69, 9.17) is 21.1 Å². The lowest BCUT2D eigenvalue weighted by Gasteiger charge is -2.12. The van der Waals surface area contributed by atoms with Crippen molar-refractivity contribution >= 4 is 11.6 Å². The molecule has 9 heteroatoms. The number of rotatable bonds is 5. The van der Waals surface area contributed by atoms with Gasteiger partial charge >= 0.3 is 5.69 Å². The van der Waals surface area contributed by atoms with Crippen LogP contribution in [0.5, 0.6) is 11.5 Å². The van der Waals surface area contributed by atoms with E-state index in [1.807, 2.05) is 0 Å². The van der Waals surface area contributed by atoms with Gasteiger partial charge in [0.05, 0.1) is 20.8 Å². The van der Waals surface area contributed by atoms with Crippen LogP contribution in [0.1, 0.15) is 5.56 Å². The lowest BCUT2D eigenvalue weighted by Crippen LogP contribution is -2.39.